The molecule has 0 bridgehead atoms. The monoisotopic (exact) mass is 342 g/mol. The summed E-state index contributed by atoms with van der Waals surface area (Å²) < 4.78 is 10.1. The van der Waals surface area contributed by atoms with E-state index in [4.69, 9.17) is 4.42 Å². The van der Waals surface area contributed by atoms with Crippen molar-refractivity contribution in [2.45, 2.75) is 26.4 Å². The van der Waals surface area contributed by atoms with E-state index in [9.17, 15) is 14.4 Å². The maximum absolute atomic E-state index is 12.7. The van der Waals surface area contributed by atoms with Gasteiger partial charge < -0.3 is 9.15 Å². The third-order valence-electron chi connectivity index (χ3n) is 4.14. The van der Waals surface area contributed by atoms with Crippen molar-refractivity contribution in [1.82, 2.24) is 4.90 Å². The molecule has 1 aromatic carbocycles. The molecule has 1 aliphatic heterocycles. The van der Waals surface area contributed by atoms with Crippen molar-refractivity contribution in [1.29, 1.82) is 0 Å². The first kappa shape index (κ1) is 16.8. The topological polar surface area (TPSA) is 80.1 Å². The van der Waals surface area contributed by atoms with Gasteiger partial charge in [-0.05, 0) is 32.0 Å². The largest absolute Gasteiger partial charge is 0.463 e. The van der Waals surface area contributed by atoms with E-state index in [1.165, 1.54) is 12.0 Å². The third kappa shape index (κ3) is 2.88. The molecule has 0 radical (unpaired) electrons. The number of para-hydroxylation sites is 1. The predicted octanol–water partition coefficient (Wildman–Crippen LogP) is 2.73. The normalized spacial score (nSPS) is 17.3. The number of anilines is 1. The number of nitrogens with zero attached hydrogens (tertiary/aromatic N) is 2. The van der Waals surface area contributed by atoms with Crippen LogP contribution < -0.4 is 4.90 Å². The van der Waals surface area contributed by atoms with Crippen LogP contribution in [-0.2, 0) is 16.1 Å². The molecule has 0 unspecified atom stereocenters. The van der Waals surface area contributed by atoms with Crippen LogP contribution in [0.1, 0.15) is 28.8 Å². The smallest absolute Gasteiger partial charge is 0.374 e. The van der Waals surface area contributed by atoms with Crippen molar-refractivity contribution in [3.05, 3.63) is 53.5 Å². The number of benzene rings is 1. The molecule has 1 atom stereocenters. The van der Waals surface area contributed by atoms with Gasteiger partial charge in [0.2, 0.25) is 5.76 Å². The minimum absolute atomic E-state index is 0.0385. The Balaban J connectivity index is 1.85. The number of hydrogen-bond donors (Lipinski definition) is 0. The molecule has 2 aromatic rings. The number of carbonyl (C=O) groups is 3. The standard InChI is InChI=1S/C18H18N2O5/c1-11-9-14(25-15(11)17(22)24-3)10-19-16(21)12(2)20(18(19)23)13-7-5-4-6-8-13/h4-9,12H,10H2,1-3H3/t12-/m0/s1. The van der Waals surface area contributed by atoms with E-state index >= 15 is 0 Å². The predicted molar refractivity (Wildman–Crippen MR) is 89.1 cm³/mol. The SMILES string of the molecule is COC(=O)c1oc(CN2C(=O)[C@H](C)N(c3ccccc3)C2=O)cc1C. The van der Waals surface area contributed by atoms with Gasteiger partial charge in [-0.3, -0.25) is 14.6 Å². The number of urea groups is 1. The summed E-state index contributed by atoms with van der Waals surface area (Å²) in [7, 11) is 1.26. The van der Waals surface area contributed by atoms with Gasteiger partial charge in [-0.2, -0.15) is 0 Å². The van der Waals surface area contributed by atoms with Crippen molar-refractivity contribution in [2.24, 2.45) is 0 Å². The molecule has 1 aliphatic rings. The van der Waals surface area contributed by atoms with Crippen molar-refractivity contribution in [3.8, 4) is 0 Å². The molecular weight excluding hydrogens is 324 g/mol. The number of ether oxygens (including phenoxy) is 1. The molecule has 3 rings (SSSR count). The average molecular weight is 342 g/mol. The molecule has 130 valence electrons. The van der Waals surface area contributed by atoms with E-state index in [1.54, 1.807) is 44.2 Å². The maximum Gasteiger partial charge on any atom is 0.374 e. The van der Waals surface area contributed by atoms with Crippen molar-refractivity contribution in [2.75, 3.05) is 12.0 Å². The highest BCUT2D eigenvalue weighted by molar-refractivity contribution is 6.13. The minimum atomic E-state index is -0.606. The highest BCUT2D eigenvalue weighted by Crippen LogP contribution is 2.27. The Labute approximate surface area is 144 Å². The van der Waals surface area contributed by atoms with Crippen LogP contribution in [0.4, 0.5) is 10.5 Å². The van der Waals surface area contributed by atoms with E-state index in [-0.39, 0.29) is 18.2 Å². The molecule has 7 nitrogen and oxygen atoms in total. The summed E-state index contributed by atoms with van der Waals surface area (Å²) in [4.78, 5) is 39.4. The summed E-state index contributed by atoms with van der Waals surface area (Å²) >= 11 is 0. The zero-order valence-corrected chi connectivity index (χ0v) is 14.2. The number of rotatable bonds is 4. The molecule has 25 heavy (non-hydrogen) atoms. The first-order chi connectivity index (χ1) is 11.9. The van der Waals surface area contributed by atoms with Crippen LogP contribution in [0.2, 0.25) is 0 Å². The fourth-order valence-electron chi connectivity index (χ4n) is 2.87. The van der Waals surface area contributed by atoms with Crippen molar-refractivity contribution >= 4 is 23.6 Å². The van der Waals surface area contributed by atoms with Crippen LogP contribution in [0.15, 0.2) is 40.8 Å². The second-order valence-electron chi connectivity index (χ2n) is 5.80. The van der Waals surface area contributed by atoms with Gasteiger partial charge in [0, 0.05) is 11.3 Å². The second kappa shape index (κ2) is 6.43. The Morgan fingerprint density at radius 3 is 2.56 bits per heavy atom. The number of hydrogen-bond acceptors (Lipinski definition) is 5. The lowest BCUT2D eigenvalue weighted by molar-refractivity contribution is -0.127. The van der Waals surface area contributed by atoms with Gasteiger partial charge in [-0.25, -0.2) is 9.59 Å². The third-order valence-corrected chi connectivity index (χ3v) is 4.14. The van der Waals surface area contributed by atoms with Gasteiger partial charge in [0.15, 0.2) is 0 Å². The average Bonchev–Trinajstić information content (AvgIpc) is 3.08. The van der Waals surface area contributed by atoms with E-state index in [0.717, 1.165) is 4.90 Å². The van der Waals surface area contributed by atoms with Gasteiger partial charge in [0.05, 0.1) is 13.7 Å². The lowest BCUT2D eigenvalue weighted by Gasteiger charge is -2.19. The van der Waals surface area contributed by atoms with Gasteiger partial charge in [0.25, 0.3) is 5.91 Å². The first-order valence-electron chi connectivity index (χ1n) is 7.81. The zero-order chi connectivity index (χ0) is 18.1. The van der Waals surface area contributed by atoms with E-state index in [0.29, 0.717) is 17.0 Å². The Kier molecular flexibility index (Phi) is 4.31. The molecule has 7 heteroatoms. The number of esters is 1. The summed E-state index contributed by atoms with van der Waals surface area (Å²) in [5.74, 6) is -0.490. The Morgan fingerprint density at radius 2 is 1.92 bits per heavy atom. The number of amides is 3. The Morgan fingerprint density at radius 1 is 1.24 bits per heavy atom. The van der Waals surface area contributed by atoms with Gasteiger partial charge in [0.1, 0.15) is 11.8 Å². The molecule has 1 saturated heterocycles. The molecule has 0 saturated carbocycles. The van der Waals surface area contributed by atoms with Crippen LogP contribution in [0.3, 0.4) is 0 Å². The first-order valence-corrected chi connectivity index (χ1v) is 7.81. The number of carbonyl (C=O) groups excluding carboxylic acids is 3. The van der Waals surface area contributed by atoms with Crippen molar-refractivity contribution in [3.63, 3.8) is 0 Å². The van der Waals surface area contributed by atoms with E-state index < -0.39 is 18.0 Å². The zero-order valence-electron chi connectivity index (χ0n) is 14.2. The van der Waals surface area contributed by atoms with E-state index in [1.807, 2.05) is 6.07 Å². The Bertz CT molecular complexity index is 827. The quantitative estimate of drug-likeness (QED) is 0.630. The molecule has 0 N–H and O–H groups in total. The summed E-state index contributed by atoms with van der Waals surface area (Å²) in [6, 6.07) is 9.61. The van der Waals surface area contributed by atoms with Crippen LogP contribution in [-0.4, -0.2) is 36.0 Å². The Hall–Kier alpha value is -3.09. The molecule has 0 spiro atoms. The molecule has 1 aromatic heterocycles. The van der Waals surface area contributed by atoms with Crippen LogP contribution in [0.25, 0.3) is 0 Å². The lowest BCUT2D eigenvalue weighted by atomic mass is 10.2. The highest BCUT2D eigenvalue weighted by Gasteiger charge is 2.43. The number of imide groups is 1. The minimum Gasteiger partial charge on any atom is -0.463 e. The summed E-state index contributed by atoms with van der Waals surface area (Å²) in [6.45, 7) is 3.34. The maximum atomic E-state index is 12.7. The summed E-state index contributed by atoms with van der Waals surface area (Å²) in [5.41, 5.74) is 1.25. The van der Waals surface area contributed by atoms with Crippen LogP contribution in [0.5, 0.6) is 0 Å². The van der Waals surface area contributed by atoms with E-state index in [2.05, 4.69) is 4.74 Å². The molecule has 3 amide bonds. The fraction of sp³-hybridized carbons (Fsp3) is 0.278. The summed E-state index contributed by atoms with van der Waals surface area (Å²) in [5, 5.41) is 0. The van der Waals surface area contributed by atoms with Crippen LogP contribution >= 0.6 is 0 Å². The lowest BCUT2D eigenvalue weighted by Crippen LogP contribution is -2.33. The highest BCUT2D eigenvalue weighted by atomic mass is 16.5. The molecule has 1 fully saturated rings. The summed E-state index contributed by atoms with van der Waals surface area (Å²) in [6.07, 6.45) is 0. The van der Waals surface area contributed by atoms with Gasteiger partial charge >= 0.3 is 12.0 Å². The van der Waals surface area contributed by atoms with Gasteiger partial charge in [-0.1, -0.05) is 18.2 Å². The number of furan rings is 1. The number of aryl methyl sites for hydroxylation is 1. The van der Waals surface area contributed by atoms with Gasteiger partial charge in [-0.15, -0.1) is 0 Å². The molecule has 0 aliphatic carbocycles. The fourth-order valence-corrected chi connectivity index (χ4v) is 2.87. The van der Waals surface area contributed by atoms with Crippen molar-refractivity contribution < 1.29 is 23.5 Å². The number of methoxy groups -OCH3 is 1. The molecular formula is C18H18N2O5. The molecule has 2 heterocycles. The van der Waals surface area contributed by atoms with Crippen LogP contribution in [0, 0.1) is 6.92 Å². The second-order valence-corrected chi connectivity index (χ2v) is 5.80.